The Kier molecular flexibility index (Phi) is 4.18. The van der Waals surface area contributed by atoms with Gasteiger partial charge in [0.15, 0.2) is 6.61 Å². The van der Waals surface area contributed by atoms with Gasteiger partial charge < -0.3 is 19.6 Å². The lowest BCUT2D eigenvalue weighted by molar-refractivity contribution is -0.122. The molecule has 1 saturated carbocycles. The van der Waals surface area contributed by atoms with Crippen LogP contribution in [0.5, 0.6) is 5.75 Å². The number of carbonyl (C=O) groups is 2. The maximum atomic E-state index is 13.0. The molecule has 1 saturated heterocycles. The van der Waals surface area contributed by atoms with Gasteiger partial charge in [0, 0.05) is 31.6 Å². The highest BCUT2D eigenvalue weighted by molar-refractivity contribution is 6.01. The van der Waals surface area contributed by atoms with Gasteiger partial charge >= 0.3 is 0 Å². The summed E-state index contributed by atoms with van der Waals surface area (Å²) in [4.78, 5) is 28.2. The zero-order valence-electron chi connectivity index (χ0n) is 15.4. The van der Waals surface area contributed by atoms with Gasteiger partial charge in [0.05, 0.1) is 11.3 Å². The Hall–Kier alpha value is -2.08. The number of hydrogen-bond donors (Lipinski definition) is 1. The van der Waals surface area contributed by atoms with Gasteiger partial charge in [0.2, 0.25) is 0 Å². The first-order chi connectivity index (χ1) is 12.4. The molecular formula is C20H26N2O4. The molecule has 6 nitrogen and oxygen atoms in total. The van der Waals surface area contributed by atoms with Crippen LogP contribution in [0.25, 0.3) is 0 Å². The number of piperidine rings is 1. The minimum absolute atomic E-state index is 0.0280. The third kappa shape index (κ3) is 2.67. The van der Waals surface area contributed by atoms with E-state index in [2.05, 4.69) is 0 Å². The highest BCUT2D eigenvalue weighted by atomic mass is 16.5. The lowest BCUT2D eigenvalue weighted by Gasteiger charge is -2.50. The van der Waals surface area contributed by atoms with E-state index < -0.39 is 5.60 Å². The molecule has 2 fully saturated rings. The number of hydrogen-bond acceptors (Lipinski definition) is 4. The molecule has 0 spiro atoms. The average molecular weight is 358 g/mol. The Morgan fingerprint density at radius 3 is 2.77 bits per heavy atom. The molecule has 2 atom stereocenters. The lowest BCUT2D eigenvalue weighted by Crippen LogP contribution is -2.57. The molecule has 2 amide bonds. The molecule has 1 aromatic carbocycles. The summed E-state index contributed by atoms with van der Waals surface area (Å²) in [6, 6.07) is 5.23. The van der Waals surface area contributed by atoms with Crippen LogP contribution in [-0.4, -0.2) is 54.2 Å². The van der Waals surface area contributed by atoms with Crippen molar-refractivity contribution < 1.29 is 19.4 Å². The summed E-state index contributed by atoms with van der Waals surface area (Å²) in [5.41, 5.74) is 0.545. The number of amides is 2. The van der Waals surface area contributed by atoms with E-state index in [0.29, 0.717) is 42.4 Å². The van der Waals surface area contributed by atoms with Crippen LogP contribution in [0.2, 0.25) is 0 Å². The van der Waals surface area contributed by atoms with Gasteiger partial charge in [-0.25, -0.2) is 0 Å². The van der Waals surface area contributed by atoms with E-state index in [1.54, 1.807) is 25.2 Å². The van der Waals surface area contributed by atoms with E-state index in [1.807, 2.05) is 11.8 Å². The highest BCUT2D eigenvalue weighted by Gasteiger charge is 2.47. The van der Waals surface area contributed by atoms with Crippen molar-refractivity contribution in [3.63, 3.8) is 0 Å². The van der Waals surface area contributed by atoms with Crippen LogP contribution in [0.1, 0.15) is 43.0 Å². The number of nitrogens with zero attached hydrogens (tertiary/aromatic N) is 2. The van der Waals surface area contributed by atoms with Crippen molar-refractivity contribution >= 4 is 17.5 Å². The highest BCUT2D eigenvalue weighted by Crippen LogP contribution is 2.44. The quantitative estimate of drug-likeness (QED) is 0.878. The fraction of sp³-hybridized carbons (Fsp3) is 0.600. The second-order valence-corrected chi connectivity index (χ2v) is 7.95. The van der Waals surface area contributed by atoms with E-state index in [1.165, 1.54) is 11.3 Å². The second kappa shape index (κ2) is 6.27. The molecule has 1 aliphatic carbocycles. The minimum Gasteiger partial charge on any atom is -0.482 e. The molecule has 4 rings (SSSR count). The van der Waals surface area contributed by atoms with E-state index in [0.717, 1.165) is 12.8 Å². The number of carbonyl (C=O) groups excluding carboxylic acids is 2. The molecule has 0 radical (unpaired) electrons. The number of likely N-dealkylation sites (N-methyl/N-ethyl adjacent to an activating group) is 1. The van der Waals surface area contributed by atoms with Crippen molar-refractivity contribution in [2.75, 3.05) is 31.6 Å². The largest absolute Gasteiger partial charge is 0.482 e. The number of aliphatic hydroxyl groups is 1. The van der Waals surface area contributed by atoms with Crippen molar-refractivity contribution in [3.8, 4) is 5.75 Å². The second-order valence-electron chi connectivity index (χ2n) is 7.95. The Labute approximate surface area is 153 Å². The molecule has 2 heterocycles. The first kappa shape index (κ1) is 17.3. The van der Waals surface area contributed by atoms with Gasteiger partial charge in [-0.1, -0.05) is 13.3 Å². The monoisotopic (exact) mass is 358 g/mol. The van der Waals surface area contributed by atoms with Gasteiger partial charge in [0.25, 0.3) is 11.8 Å². The number of ether oxygens (including phenoxy) is 1. The molecule has 0 aromatic heterocycles. The molecule has 3 aliphatic rings. The van der Waals surface area contributed by atoms with Gasteiger partial charge in [-0.2, -0.15) is 0 Å². The summed E-state index contributed by atoms with van der Waals surface area (Å²) in [6.07, 6.45) is 4.03. The summed E-state index contributed by atoms with van der Waals surface area (Å²) >= 11 is 0. The summed E-state index contributed by atoms with van der Waals surface area (Å²) in [5.74, 6) is 0.891. The van der Waals surface area contributed by atoms with E-state index in [4.69, 9.17) is 4.74 Å². The zero-order valence-corrected chi connectivity index (χ0v) is 15.4. The van der Waals surface area contributed by atoms with Crippen LogP contribution < -0.4 is 9.64 Å². The van der Waals surface area contributed by atoms with Crippen LogP contribution >= 0.6 is 0 Å². The Bertz CT molecular complexity index is 745. The van der Waals surface area contributed by atoms with Crippen LogP contribution in [0, 0.1) is 11.8 Å². The van der Waals surface area contributed by atoms with Crippen molar-refractivity contribution in [1.82, 2.24) is 4.90 Å². The predicted molar refractivity (Wildman–Crippen MR) is 97.3 cm³/mol. The normalized spacial score (nSPS) is 29.0. The lowest BCUT2D eigenvalue weighted by atomic mass is 9.65. The number of rotatable bonds is 2. The molecule has 140 valence electrons. The summed E-state index contributed by atoms with van der Waals surface area (Å²) < 4.78 is 5.43. The third-order valence-corrected chi connectivity index (χ3v) is 6.52. The van der Waals surface area contributed by atoms with Gasteiger partial charge in [0.1, 0.15) is 5.75 Å². The zero-order chi connectivity index (χ0) is 18.5. The summed E-state index contributed by atoms with van der Waals surface area (Å²) in [7, 11) is 1.69. The molecule has 1 unspecified atom stereocenters. The summed E-state index contributed by atoms with van der Waals surface area (Å²) in [6.45, 7) is 3.21. The average Bonchev–Trinajstić information content (AvgIpc) is 2.58. The number of likely N-dealkylation sites (tertiary alicyclic amines) is 1. The maximum absolute atomic E-state index is 13.0. The topological polar surface area (TPSA) is 70.1 Å². The predicted octanol–water partition coefficient (Wildman–Crippen LogP) is 2.05. The van der Waals surface area contributed by atoms with Crippen LogP contribution in [0.3, 0.4) is 0 Å². The van der Waals surface area contributed by atoms with Crippen molar-refractivity contribution in [3.05, 3.63) is 23.8 Å². The number of benzene rings is 1. The summed E-state index contributed by atoms with van der Waals surface area (Å²) in [5, 5.41) is 11.1. The third-order valence-electron chi connectivity index (χ3n) is 6.52. The molecule has 2 aliphatic heterocycles. The Morgan fingerprint density at radius 1 is 1.35 bits per heavy atom. The number of anilines is 1. The van der Waals surface area contributed by atoms with Crippen molar-refractivity contribution in [2.24, 2.45) is 11.8 Å². The van der Waals surface area contributed by atoms with Crippen LogP contribution in [-0.2, 0) is 4.79 Å². The van der Waals surface area contributed by atoms with Gasteiger partial charge in [-0.05, 0) is 43.4 Å². The van der Waals surface area contributed by atoms with Gasteiger partial charge in [-0.3, -0.25) is 9.59 Å². The fourth-order valence-electron chi connectivity index (χ4n) is 4.43. The molecule has 0 bridgehead atoms. The van der Waals surface area contributed by atoms with Gasteiger partial charge in [-0.15, -0.1) is 0 Å². The van der Waals surface area contributed by atoms with E-state index >= 15 is 0 Å². The smallest absolute Gasteiger partial charge is 0.264 e. The first-order valence-corrected chi connectivity index (χ1v) is 9.45. The Balaban J connectivity index is 1.51. The maximum Gasteiger partial charge on any atom is 0.264 e. The molecule has 1 aromatic rings. The minimum atomic E-state index is -0.634. The van der Waals surface area contributed by atoms with Crippen molar-refractivity contribution in [2.45, 2.75) is 38.2 Å². The Morgan fingerprint density at radius 2 is 2.12 bits per heavy atom. The van der Waals surface area contributed by atoms with E-state index in [-0.39, 0.29) is 24.3 Å². The SMILES string of the molecule is CC1CN(C(=O)c2ccc3c(c2)N(C)C(=O)CO3)CC[C@@]1(O)C1CCC1. The fourth-order valence-corrected chi connectivity index (χ4v) is 4.43. The van der Waals surface area contributed by atoms with E-state index in [9.17, 15) is 14.7 Å². The standard InChI is InChI=1S/C20H26N2O4/c1-13-11-22(9-8-20(13,25)15-4-3-5-15)19(24)14-6-7-17-16(10-14)21(2)18(23)12-26-17/h6-7,10,13,15,25H,3-5,8-9,11-12H2,1-2H3/t13?,20-/m0/s1. The molecule has 1 N–H and O–H groups in total. The van der Waals surface area contributed by atoms with Crippen LogP contribution in [0.15, 0.2) is 18.2 Å². The molecule has 6 heteroatoms. The molecular weight excluding hydrogens is 332 g/mol. The van der Waals surface area contributed by atoms with Crippen LogP contribution in [0.4, 0.5) is 5.69 Å². The first-order valence-electron chi connectivity index (χ1n) is 9.45. The number of fused-ring (bicyclic) bond motifs is 1. The molecule has 26 heavy (non-hydrogen) atoms. The van der Waals surface area contributed by atoms with Crippen molar-refractivity contribution in [1.29, 1.82) is 0 Å².